The number of hydrogen-bond acceptors (Lipinski definition) is 6. The maximum atomic E-state index is 12.2. The molecule has 3 N–H and O–H groups in total. The Balaban J connectivity index is 1.49. The Labute approximate surface area is 216 Å². The molecule has 3 aromatic carbocycles. The van der Waals surface area contributed by atoms with E-state index in [0.717, 1.165) is 4.47 Å². The van der Waals surface area contributed by atoms with Crippen LogP contribution >= 0.6 is 15.9 Å². The fourth-order valence-corrected chi connectivity index (χ4v) is 3.05. The quantitative estimate of drug-likeness (QED) is 0.152. The Kier molecular flexibility index (Phi) is 9.78. The van der Waals surface area contributed by atoms with Crippen LogP contribution in [-0.4, -0.2) is 37.1 Å². The third-order valence-electron chi connectivity index (χ3n) is 4.46. The van der Waals surface area contributed by atoms with Crippen LogP contribution in [0.4, 0.5) is 11.4 Å². The summed E-state index contributed by atoms with van der Waals surface area (Å²) < 4.78 is 11.9. The molecule has 9 nitrogen and oxygen atoms in total. The molecule has 36 heavy (non-hydrogen) atoms. The van der Waals surface area contributed by atoms with Gasteiger partial charge in [0.25, 0.3) is 5.91 Å². The van der Waals surface area contributed by atoms with E-state index in [-0.39, 0.29) is 12.5 Å². The first-order valence-corrected chi connectivity index (χ1v) is 11.5. The van der Waals surface area contributed by atoms with Gasteiger partial charge in [-0.3, -0.25) is 14.4 Å². The van der Waals surface area contributed by atoms with Crippen molar-refractivity contribution in [2.45, 2.75) is 0 Å². The molecule has 3 aromatic rings. The second-order valence-corrected chi connectivity index (χ2v) is 8.07. The van der Waals surface area contributed by atoms with E-state index in [2.05, 4.69) is 43.7 Å². The Morgan fingerprint density at radius 1 is 0.861 bits per heavy atom. The van der Waals surface area contributed by atoms with E-state index in [0.29, 0.717) is 35.0 Å². The predicted molar refractivity (Wildman–Crippen MR) is 141 cm³/mol. The zero-order chi connectivity index (χ0) is 25.8. The van der Waals surface area contributed by atoms with E-state index in [9.17, 15) is 14.4 Å². The molecule has 0 radical (unpaired) electrons. The highest BCUT2D eigenvalue weighted by Gasteiger charge is 2.13. The van der Waals surface area contributed by atoms with Gasteiger partial charge in [-0.05, 0) is 60.7 Å². The van der Waals surface area contributed by atoms with Crippen LogP contribution < -0.4 is 25.5 Å². The summed E-state index contributed by atoms with van der Waals surface area (Å²) in [7, 11) is 0. The van der Waals surface area contributed by atoms with Gasteiger partial charge in [0, 0.05) is 21.4 Å². The fraction of sp³-hybridized carbons (Fsp3) is 0.0769. The van der Waals surface area contributed by atoms with E-state index in [1.54, 1.807) is 66.7 Å². The molecule has 0 aliphatic heterocycles. The lowest BCUT2D eigenvalue weighted by molar-refractivity contribution is -0.136. The van der Waals surface area contributed by atoms with Gasteiger partial charge in [0.1, 0.15) is 18.1 Å². The molecule has 184 valence electrons. The molecule has 0 spiro atoms. The summed E-state index contributed by atoms with van der Waals surface area (Å²) in [5, 5.41) is 9.02. The SMILES string of the molecule is C=CCOc1ccc(NC(=O)C(=O)N/N=C\c2ccccc2OCC(=O)Nc2ccc(Br)cc2)cc1. The van der Waals surface area contributed by atoms with Gasteiger partial charge in [-0.1, -0.05) is 40.7 Å². The van der Waals surface area contributed by atoms with Gasteiger partial charge in [-0.2, -0.15) is 5.10 Å². The fourth-order valence-electron chi connectivity index (χ4n) is 2.78. The summed E-state index contributed by atoms with van der Waals surface area (Å²) in [6, 6.07) is 20.5. The van der Waals surface area contributed by atoms with Crippen LogP contribution in [0.5, 0.6) is 11.5 Å². The minimum absolute atomic E-state index is 0.229. The van der Waals surface area contributed by atoms with Gasteiger partial charge < -0.3 is 20.1 Å². The molecule has 0 saturated carbocycles. The number of hydrogen-bond donors (Lipinski definition) is 3. The second-order valence-electron chi connectivity index (χ2n) is 7.16. The molecule has 3 amide bonds. The van der Waals surface area contributed by atoms with Gasteiger partial charge in [0.05, 0.1) is 6.21 Å². The van der Waals surface area contributed by atoms with Crippen LogP contribution in [0.1, 0.15) is 5.56 Å². The van der Waals surface area contributed by atoms with Gasteiger partial charge in [0.2, 0.25) is 0 Å². The van der Waals surface area contributed by atoms with Crippen LogP contribution in [0, 0.1) is 0 Å². The van der Waals surface area contributed by atoms with E-state index in [1.807, 2.05) is 12.1 Å². The van der Waals surface area contributed by atoms with Crippen molar-refractivity contribution < 1.29 is 23.9 Å². The number of rotatable bonds is 10. The van der Waals surface area contributed by atoms with Crippen LogP contribution in [0.2, 0.25) is 0 Å². The molecule has 0 fully saturated rings. The van der Waals surface area contributed by atoms with Crippen molar-refractivity contribution in [3.63, 3.8) is 0 Å². The molecule has 0 unspecified atom stereocenters. The molecule has 0 aliphatic carbocycles. The van der Waals surface area contributed by atoms with Crippen molar-refractivity contribution >= 4 is 51.2 Å². The molecule has 0 bridgehead atoms. The molecule has 0 aromatic heterocycles. The van der Waals surface area contributed by atoms with E-state index in [1.165, 1.54) is 6.21 Å². The first-order chi connectivity index (χ1) is 17.4. The van der Waals surface area contributed by atoms with Gasteiger partial charge in [0.15, 0.2) is 6.61 Å². The molecule has 3 rings (SSSR count). The molecule has 0 saturated heterocycles. The lowest BCUT2D eigenvalue weighted by Gasteiger charge is -2.09. The summed E-state index contributed by atoms with van der Waals surface area (Å²) in [6.07, 6.45) is 2.94. The first kappa shape index (κ1) is 26.2. The van der Waals surface area contributed by atoms with Crippen LogP contribution in [0.3, 0.4) is 0 Å². The first-order valence-electron chi connectivity index (χ1n) is 10.7. The average Bonchev–Trinajstić information content (AvgIpc) is 2.89. The molecule has 0 heterocycles. The van der Waals surface area contributed by atoms with E-state index >= 15 is 0 Å². The van der Waals surface area contributed by atoms with Crippen LogP contribution in [0.25, 0.3) is 0 Å². The Hall–Kier alpha value is -4.44. The standard InChI is InChI=1S/C26H23BrN4O5/c1-2-15-35-22-13-11-21(12-14-22)30-25(33)26(34)31-28-16-18-5-3-4-6-23(18)36-17-24(32)29-20-9-7-19(27)8-10-20/h2-14,16H,1,15,17H2,(H,29,32)(H,30,33)(H,31,34)/b28-16-. The summed E-state index contributed by atoms with van der Waals surface area (Å²) in [5.41, 5.74) is 3.73. The minimum atomic E-state index is -0.953. The van der Waals surface area contributed by atoms with Gasteiger partial charge >= 0.3 is 11.8 Å². The van der Waals surface area contributed by atoms with Crippen molar-refractivity contribution in [3.05, 3.63) is 95.5 Å². The summed E-state index contributed by atoms with van der Waals surface area (Å²) >= 11 is 3.34. The minimum Gasteiger partial charge on any atom is -0.490 e. The lowest BCUT2D eigenvalue weighted by atomic mass is 10.2. The molecule has 0 atom stereocenters. The third-order valence-corrected chi connectivity index (χ3v) is 4.99. The normalized spacial score (nSPS) is 10.4. The number of hydrazone groups is 1. The molecular formula is C26H23BrN4O5. The van der Waals surface area contributed by atoms with Crippen molar-refractivity contribution in [3.8, 4) is 11.5 Å². The van der Waals surface area contributed by atoms with Crippen molar-refractivity contribution in [1.82, 2.24) is 5.43 Å². The van der Waals surface area contributed by atoms with Crippen LogP contribution in [-0.2, 0) is 14.4 Å². The van der Waals surface area contributed by atoms with Crippen LogP contribution in [0.15, 0.2) is 95.0 Å². The van der Waals surface area contributed by atoms with E-state index < -0.39 is 11.8 Å². The summed E-state index contributed by atoms with van der Waals surface area (Å²) in [6.45, 7) is 3.70. The Morgan fingerprint density at radius 3 is 2.25 bits per heavy atom. The van der Waals surface area contributed by atoms with Gasteiger partial charge in [-0.15, -0.1) is 0 Å². The number of amides is 3. The van der Waals surface area contributed by atoms with Gasteiger partial charge in [-0.25, -0.2) is 5.43 Å². The number of carbonyl (C=O) groups excluding carboxylic acids is 3. The largest absolute Gasteiger partial charge is 0.490 e. The zero-order valence-electron chi connectivity index (χ0n) is 19.1. The maximum absolute atomic E-state index is 12.2. The Morgan fingerprint density at radius 2 is 1.53 bits per heavy atom. The molecule has 10 heteroatoms. The summed E-state index contributed by atoms with van der Waals surface area (Å²) in [5.74, 6) is -1.20. The maximum Gasteiger partial charge on any atom is 0.329 e. The van der Waals surface area contributed by atoms with Crippen molar-refractivity contribution in [2.24, 2.45) is 5.10 Å². The smallest absolute Gasteiger partial charge is 0.329 e. The number of ether oxygens (including phenoxy) is 2. The molecular weight excluding hydrogens is 528 g/mol. The molecule has 0 aliphatic rings. The number of nitrogens with zero attached hydrogens (tertiary/aromatic N) is 1. The van der Waals surface area contributed by atoms with Crippen molar-refractivity contribution in [1.29, 1.82) is 0 Å². The van der Waals surface area contributed by atoms with Crippen molar-refractivity contribution in [2.75, 3.05) is 23.8 Å². The number of anilines is 2. The lowest BCUT2D eigenvalue weighted by Crippen LogP contribution is -2.32. The number of nitrogens with one attached hydrogen (secondary N) is 3. The third kappa shape index (κ3) is 8.41. The summed E-state index contributed by atoms with van der Waals surface area (Å²) in [4.78, 5) is 36.4. The number of benzene rings is 3. The zero-order valence-corrected chi connectivity index (χ0v) is 20.7. The highest BCUT2D eigenvalue weighted by atomic mass is 79.9. The average molecular weight is 551 g/mol. The predicted octanol–water partition coefficient (Wildman–Crippen LogP) is 4.12. The highest BCUT2D eigenvalue weighted by Crippen LogP contribution is 2.17. The second kappa shape index (κ2) is 13.4. The Bertz CT molecular complexity index is 1240. The number of halogens is 1. The van der Waals surface area contributed by atoms with E-state index in [4.69, 9.17) is 9.47 Å². The monoisotopic (exact) mass is 550 g/mol. The topological polar surface area (TPSA) is 118 Å². The number of para-hydroxylation sites is 1. The number of carbonyl (C=O) groups is 3. The highest BCUT2D eigenvalue weighted by molar-refractivity contribution is 9.10.